The molecule has 0 heterocycles. The summed E-state index contributed by atoms with van der Waals surface area (Å²) < 4.78 is 10.9. The number of ether oxygens (including phenoxy) is 2. The highest BCUT2D eigenvalue weighted by atomic mass is 16.5. The quantitative estimate of drug-likeness (QED) is 0.514. The standard InChI is InChI=1S/C15H33NO2/c1-5-6-7-8-10-14(2)18-15(3)13-16-11-9-12-17-4/h14-16H,5-13H2,1-4H3. The van der Waals surface area contributed by atoms with Gasteiger partial charge in [-0.05, 0) is 33.2 Å². The van der Waals surface area contributed by atoms with Gasteiger partial charge in [0.25, 0.3) is 0 Å². The van der Waals surface area contributed by atoms with Gasteiger partial charge in [0.2, 0.25) is 0 Å². The Morgan fingerprint density at radius 3 is 2.44 bits per heavy atom. The number of methoxy groups -OCH3 is 1. The van der Waals surface area contributed by atoms with Crippen molar-refractivity contribution in [2.45, 2.75) is 71.5 Å². The van der Waals surface area contributed by atoms with Crippen molar-refractivity contribution < 1.29 is 9.47 Å². The van der Waals surface area contributed by atoms with Crippen molar-refractivity contribution in [3.8, 4) is 0 Å². The van der Waals surface area contributed by atoms with E-state index in [1.54, 1.807) is 7.11 Å². The minimum absolute atomic E-state index is 0.300. The van der Waals surface area contributed by atoms with Crippen LogP contribution in [0.3, 0.4) is 0 Å². The molecule has 0 aromatic carbocycles. The molecule has 0 aromatic heterocycles. The van der Waals surface area contributed by atoms with Crippen molar-refractivity contribution in [1.29, 1.82) is 0 Å². The van der Waals surface area contributed by atoms with Crippen molar-refractivity contribution in [2.75, 3.05) is 26.8 Å². The fraction of sp³-hybridized carbons (Fsp3) is 1.00. The second-order valence-electron chi connectivity index (χ2n) is 5.16. The molecule has 0 rings (SSSR count). The smallest absolute Gasteiger partial charge is 0.0674 e. The van der Waals surface area contributed by atoms with Crippen LogP contribution in [0, 0.1) is 0 Å². The summed E-state index contributed by atoms with van der Waals surface area (Å²) in [6.45, 7) is 9.35. The Balaban J connectivity index is 3.34. The first-order valence-electron chi connectivity index (χ1n) is 7.55. The summed E-state index contributed by atoms with van der Waals surface area (Å²) in [6.07, 6.45) is 8.23. The van der Waals surface area contributed by atoms with Crippen LogP contribution in [0.2, 0.25) is 0 Å². The van der Waals surface area contributed by atoms with Crippen LogP contribution >= 0.6 is 0 Å². The van der Waals surface area contributed by atoms with E-state index >= 15 is 0 Å². The van der Waals surface area contributed by atoms with Crippen molar-refractivity contribution in [3.63, 3.8) is 0 Å². The van der Waals surface area contributed by atoms with Crippen molar-refractivity contribution in [2.24, 2.45) is 0 Å². The molecule has 0 aliphatic heterocycles. The molecule has 0 bridgehead atoms. The lowest BCUT2D eigenvalue weighted by atomic mass is 10.1. The zero-order valence-electron chi connectivity index (χ0n) is 12.8. The van der Waals surface area contributed by atoms with E-state index in [1.165, 1.54) is 32.1 Å². The van der Waals surface area contributed by atoms with E-state index in [4.69, 9.17) is 9.47 Å². The molecule has 110 valence electrons. The SMILES string of the molecule is CCCCCCC(C)OC(C)CNCCCOC. The van der Waals surface area contributed by atoms with Crippen LogP contribution in [0.25, 0.3) is 0 Å². The number of nitrogens with one attached hydrogen (secondary N) is 1. The number of hydrogen-bond donors (Lipinski definition) is 1. The van der Waals surface area contributed by atoms with E-state index in [-0.39, 0.29) is 0 Å². The maximum atomic E-state index is 5.94. The van der Waals surface area contributed by atoms with E-state index in [1.807, 2.05) is 0 Å². The molecule has 0 aliphatic rings. The van der Waals surface area contributed by atoms with Crippen LogP contribution in [0.4, 0.5) is 0 Å². The molecule has 3 heteroatoms. The Bertz CT molecular complexity index is 165. The van der Waals surface area contributed by atoms with Gasteiger partial charge in [-0.2, -0.15) is 0 Å². The van der Waals surface area contributed by atoms with Crippen molar-refractivity contribution >= 4 is 0 Å². The van der Waals surface area contributed by atoms with Gasteiger partial charge >= 0.3 is 0 Å². The molecule has 0 amide bonds. The molecule has 0 fully saturated rings. The van der Waals surface area contributed by atoms with Crippen LogP contribution in [0.1, 0.15) is 59.3 Å². The molecule has 0 spiro atoms. The Morgan fingerprint density at radius 2 is 1.78 bits per heavy atom. The zero-order valence-corrected chi connectivity index (χ0v) is 12.8. The molecule has 18 heavy (non-hydrogen) atoms. The van der Waals surface area contributed by atoms with E-state index in [2.05, 4.69) is 26.1 Å². The van der Waals surface area contributed by atoms with Gasteiger partial charge in [-0.3, -0.25) is 0 Å². The van der Waals surface area contributed by atoms with Gasteiger partial charge in [0.1, 0.15) is 0 Å². The van der Waals surface area contributed by atoms with Crippen molar-refractivity contribution in [1.82, 2.24) is 5.32 Å². The summed E-state index contributed by atoms with van der Waals surface area (Å²) >= 11 is 0. The van der Waals surface area contributed by atoms with Gasteiger partial charge in [-0.15, -0.1) is 0 Å². The third-order valence-corrected chi connectivity index (χ3v) is 3.06. The third-order valence-electron chi connectivity index (χ3n) is 3.06. The highest BCUT2D eigenvalue weighted by Gasteiger charge is 2.07. The maximum Gasteiger partial charge on any atom is 0.0674 e. The summed E-state index contributed by atoms with van der Waals surface area (Å²) in [7, 11) is 1.74. The van der Waals surface area contributed by atoms with Crippen LogP contribution < -0.4 is 5.32 Å². The maximum absolute atomic E-state index is 5.94. The molecule has 0 saturated carbocycles. The Hall–Kier alpha value is -0.120. The van der Waals surface area contributed by atoms with E-state index in [0.717, 1.165) is 26.1 Å². The Morgan fingerprint density at radius 1 is 1.00 bits per heavy atom. The van der Waals surface area contributed by atoms with Gasteiger partial charge < -0.3 is 14.8 Å². The van der Waals surface area contributed by atoms with Crippen LogP contribution in [-0.4, -0.2) is 39.0 Å². The lowest BCUT2D eigenvalue weighted by Crippen LogP contribution is -2.30. The molecular formula is C15H33NO2. The number of hydrogen-bond acceptors (Lipinski definition) is 3. The molecule has 2 unspecified atom stereocenters. The number of rotatable bonds is 13. The second kappa shape index (κ2) is 13.3. The largest absolute Gasteiger partial charge is 0.385 e. The van der Waals surface area contributed by atoms with Crippen LogP contribution in [-0.2, 0) is 9.47 Å². The van der Waals surface area contributed by atoms with Crippen molar-refractivity contribution in [3.05, 3.63) is 0 Å². The molecule has 0 saturated heterocycles. The molecule has 3 nitrogen and oxygen atoms in total. The van der Waals surface area contributed by atoms with Gasteiger partial charge in [-0.1, -0.05) is 32.6 Å². The predicted octanol–water partition coefficient (Wildman–Crippen LogP) is 3.38. The third kappa shape index (κ3) is 12.3. The molecule has 0 aromatic rings. The average molecular weight is 259 g/mol. The average Bonchev–Trinajstić information content (AvgIpc) is 2.34. The lowest BCUT2D eigenvalue weighted by Gasteiger charge is -2.19. The lowest BCUT2D eigenvalue weighted by molar-refractivity contribution is 0.00360. The molecule has 0 aliphatic carbocycles. The fourth-order valence-corrected chi connectivity index (χ4v) is 2.02. The molecule has 1 N–H and O–H groups in total. The fourth-order valence-electron chi connectivity index (χ4n) is 2.02. The first kappa shape index (κ1) is 17.9. The summed E-state index contributed by atoms with van der Waals surface area (Å²) in [4.78, 5) is 0. The van der Waals surface area contributed by atoms with E-state index in [9.17, 15) is 0 Å². The van der Waals surface area contributed by atoms with Crippen LogP contribution in [0.15, 0.2) is 0 Å². The van der Waals surface area contributed by atoms with E-state index < -0.39 is 0 Å². The highest BCUT2D eigenvalue weighted by molar-refractivity contribution is 4.59. The first-order valence-corrected chi connectivity index (χ1v) is 7.55. The highest BCUT2D eigenvalue weighted by Crippen LogP contribution is 2.09. The van der Waals surface area contributed by atoms with Crippen LogP contribution in [0.5, 0.6) is 0 Å². The minimum atomic E-state index is 0.300. The first-order chi connectivity index (χ1) is 8.70. The summed E-state index contributed by atoms with van der Waals surface area (Å²) in [6, 6.07) is 0. The zero-order chi connectivity index (χ0) is 13.6. The molecule has 0 radical (unpaired) electrons. The Kier molecular flexibility index (Phi) is 13.2. The van der Waals surface area contributed by atoms with Gasteiger partial charge in [-0.25, -0.2) is 0 Å². The molecule has 2 atom stereocenters. The minimum Gasteiger partial charge on any atom is -0.385 e. The van der Waals surface area contributed by atoms with Gasteiger partial charge in [0.05, 0.1) is 12.2 Å². The summed E-state index contributed by atoms with van der Waals surface area (Å²) in [5, 5.41) is 3.40. The Labute approximate surface area is 114 Å². The normalized spacial score (nSPS) is 14.7. The predicted molar refractivity (Wildman–Crippen MR) is 78.1 cm³/mol. The topological polar surface area (TPSA) is 30.5 Å². The van der Waals surface area contributed by atoms with Gasteiger partial charge in [0, 0.05) is 20.3 Å². The van der Waals surface area contributed by atoms with Gasteiger partial charge in [0.15, 0.2) is 0 Å². The monoisotopic (exact) mass is 259 g/mol. The van der Waals surface area contributed by atoms with E-state index in [0.29, 0.717) is 12.2 Å². The summed E-state index contributed by atoms with van der Waals surface area (Å²) in [5.74, 6) is 0. The molecular weight excluding hydrogens is 226 g/mol. The second-order valence-corrected chi connectivity index (χ2v) is 5.16. The summed E-state index contributed by atoms with van der Waals surface area (Å²) in [5.41, 5.74) is 0. The number of unbranched alkanes of at least 4 members (excludes halogenated alkanes) is 3.